The molecule has 5 aromatic carbocycles. The summed E-state index contributed by atoms with van der Waals surface area (Å²) in [6, 6.07) is 2.50. The number of carboxylic acid groups (broad SMARTS) is 2. The van der Waals surface area contributed by atoms with Gasteiger partial charge in [0.1, 0.15) is 90.1 Å². The molecule has 0 spiro atoms. The number of nitrogens with two attached hydrogens (primary N) is 1. The number of thioether (sulfide) groups is 1. The molecule has 38 nitrogen and oxygen atoms in total. The number of aliphatic hydroxyl groups is 2. The number of aliphatic carboxylic acids is 2. The molecule has 43 heteroatoms. The van der Waals surface area contributed by atoms with Gasteiger partial charge in [-0.05, 0) is 108 Å². The van der Waals surface area contributed by atoms with Crippen molar-refractivity contribution in [2.24, 2.45) is 11.7 Å². The van der Waals surface area contributed by atoms with Crippen molar-refractivity contribution in [2.45, 2.75) is 202 Å². The Kier molecular flexibility index (Phi) is 37.9. The van der Waals surface area contributed by atoms with E-state index in [1.54, 1.807) is 67.7 Å². The molecule has 15 amide bonds. The number of piperidine rings is 1. The second-order valence-electron chi connectivity index (χ2n) is 33.6. The van der Waals surface area contributed by atoms with Crippen molar-refractivity contribution in [1.29, 1.82) is 0 Å². The molecule has 3 saturated heterocycles. The van der Waals surface area contributed by atoms with Crippen LogP contribution in [0.15, 0.2) is 121 Å². The largest absolute Gasteiger partial charge is 0.508 e. The summed E-state index contributed by atoms with van der Waals surface area (Å²) in [4.78, 5) is 256. The predicted molar refractivity (Wildman–Crippen MR) is 475 cm³/mol. The molecule has 0 aliphatic carbocycles. The van der Waals surface area contributed by atoms with E-state index in [2.05, 4.69) is 52.8 Å². The van der Waals surface area contributed by atoms with Crippen LogP contribution in [-0.4, -0.2) is 299 Å². The van der Waals surface area contributed by atoms with Gasteiger partial charge in [-0.1, -0.05) is 106 Å². The number of hydrogen-bond acceptors (Lipinski definition) is 21. The molecule has 1 aromatic heterocycles. The van der Waals surface area contributed by atoms with Crippen LogP contribution in [0, 0.1) is 29.2 Å². The third-order valence-corrected chi connectivity index (χ3v) is 24.5. The predicted octanol–water partition coefficient (Wildman–Crippen LogP) is 0.172. The molecule has 14 atom stereocenters. The van der Waals surface area contributed by atoms with Gasteiger partial charge in [0.2, 0.25) is 88.6 Å². The molecule has 6 aromatic rings. The number of benzene rings is 5. The minimum atomic E-state index is -2.09. The number of amides is 15. The summed E-state index contributed by atoms with van der Waals surface area (Å²) in [6.45, 7) is 1.78. The third kappa shape index (κ3) is 28.5. The van der Waals surface area contributed by atoms with Gasteiger partial charge in [-0.25, -0.2) is 17.6 Å². The summed E-state index contributed by atoms with van der Waals surface area (Å²) in [7, 11) is 3.41. The van der Waals surface area contributed by atoms with Crippen LogP contribution in [-0.2, 0) is 114 Å². The number of primary amides is 1. The van der Waals surface area contributed by atoms with Gasteiger partial charge in [-0.3, -0.25) is 81.5 Å². The number of carbonyl (C=O) groups excluding carboxylic acids is 15. The molecule has 17 N–H and O–H groups in total. The molecule has 722 valence electrons. The van der Waals surface area contributed by atoms with Crippen LogP contribution < -0.4 is 53.6 Å². The Hall–Kier alpha value is -13.6. The maximum atomic E-state index is 15.7. The highest BCUT2D eigenvalue weighted by Gasteiger charge is 2.48. The van der Waals surface area contributed by atoms with Crippen molar-refractivity contribution in [3.8, 4) is 5.75 Å². The Labute approximate surface area is 772 Å². The number of aliphatic hydroxyl groups excluding tert-OH is 2. The number of nitrogens with zero attached hydrogens (tertiary/aromatic N) is 5. The quantitative estimate of drug-likeness (QED) is 0.0300. The molecule has 0 saturated carbocycles. The fourth-order valence-electron chi connectivity index (χ4n) is 16.1. The van der Waals surface area contributed by atoms with Crippen LogP contribution >= 0.6 is 11.8 Å². The van der Waals surface area contributed by atoms with E-state index in [1.807, 2.05) is 0 Å². The number of aromatic hydroxyl groups is 1. The van der Waals surface area contributed by atoms with Crippen molar-refractivity contribution in [3.05, 3.63) is 173 Å². The van der Waals surface area contributed by atoms with Crippen LogP contribution in [0.2, 0.25) is 0 Å². The van der Waals surface area contributed by atoms with Crippen LogP contribution in [0.1, 0.15) is 113 Å². The average Bonchev–Trinajstić information content (AvgIpc) is 1.69. The molecule has 0 bridgehead atoms. The first-order valence-corrected chi connectivity index (χ1v) is 44.7. The summed E-state index contributed by atoms with van der Waals surface area (Å²) in [5.41, 5.74) is 6.79. The molecule has 3 fully saturated rings. The number of hydrogen-bond donors (Lipinski definition) is 16. The number of H-pyrrole nitrogens is 1. The van der Waals surface area contributed by atoms with Gasteiger partial charge in [0.25, 0.3) is 0 Å². The van der Waals surface area contributed by atoms with E-state index < -0.39 is 296 Å². The lowest BCUT2D eigenvalue weighted by molar-refractivity contribution is -0.152. The van der Waals surface area contributed by atoms with E-state index in [0.717, 1.165) is 50.7 Å². The number of likely N-dealkylation sites (N-methyl/N-ethyl adjacent to an activating group) is 3. The lowest BCUT2D eigenvalue weighted by Gasteiger charge is -2.38. The number of carboxylic acids is 2. The average molecular weight is 1890 g/mol. The van der Waals surface area contributed by atoms with E-state index in [1.165, 1.54) is 57.3 Å². The number of phenolic OH excluding ortho intramolecular Hbond substituents is 1. The van der Waals surface area contributed by atoms with Crippen molar-refractivity contribution >= 4 is 123 Å². The van der Waals surface area contributed by atoms with Gasteiger partial charge >= 0.3 is 11.9 Å². The molecule has 0 radical (unpaired) electrons. The summed E-state index contributed by atoms with van der Waals surface area (Å²) in [5.74, 6) is -28.6. The highest BCUT2D eigenvalue weighted by molar-refractivity contribution is 8.00. The molecule has 4 heterocycles. The minimum Gasteiger partial charge on any atom is -0.508 e. The normalized spacial score (nSPS) is 24.1. The summed E-state index contributed by atoms with van der Waals surface area (Å²) >= 11 is 0.555. The van der Waals surface area contributed by atoms with Crippen LogP contribution in [0.5, 0.6) is 5.75 Å². The summed E-state index contributed by atoms with van der Waals surface area (Å²) in [5, 5.41) is 76.0. The van der Waals surface area contributed by atoms with E-state index in [9.17, 15) is 72.7 Å². The lowest BCUT2D eigenvalue weighted by Crippen LogP contribution is -2.63. The van der Waals surface area contributed by atoms with Crippen LogP contribution in [0.3, 0.4) is 0 Å². The second kappa shape index (κ2) is 48.7. The number of carbonyl (C=O) groups is 17. The van der Waals surface area contributed by atoms with Gasteiger partial charge in [0, 0.05) is 102 Å². The zero-order valence-electron chi connectivity index (χ0n) is 74.5. The maximum Gasteiger partial charge on any atom is 0.305 e. The fourth-order valence-corrected chi connectivity index (χ4v) is 17.0. The number of rotatable bonds is 23. The van der Waals surface area contributed by atoms with E-state index >= 15 is 51.9 Å². The Morgan fingerprint density at radius 2 is 1.10 bits per heavy atom. The van der Waals surface area contributed by atoms with Gasteiger partial charge < -0.3 is 109 Å². The topological polar surface area (TPSA) is 558 Å². The van der Waals surface area contributed by atoms with Crippen molar-refractivity contribution < 1.29 is 125 Å². The molecule has 0 unspecified atom stereocenters. The highest BCUT2D eigenvalue weighted by atomic mass is 32.2. The number of para-hydroxylation sites is 1. The molecule has 134 heavy (non-hydrogen) atoms. The fraction of sp³-hybridized carbons (Fsp3) is 0.462. The highest BCUT2D eigenvalue weighted by Crippen LogP contribution is 2.29. The van der Waals surface area contributed by atoms with Gasteiger partial charge in [0.05, 0.1) is 31.4 Å². The third-order valence-electron chi connectivity index (χ3n) is 23.5. The Morgan fingerprint density at radius 3 is 1.75 bits per heavy atom. The number of nitrogens with one attached hydrogen (secondary N) is 10. The summed E-state index contributed by atoms with van der Waals surface area (Å²) < 4.78 is 59.6. The first-order chi connectivity index (χ1) is 63.6. The number of unbranched alkanes of at least 4 members (excludes halogenated alkanes) is 1. The Morgan fingerprint density at radius 1 is 0.545 bits per heavy atom. The molecule has 3 aliphatic heterocycles. The Balaban J connectivity index is 1.14. The smallest absolute Gasteiger partial charge is 0.305 e. The number of halogens is 4. The number of aromatic amines is 1. The number of fused-ring (bicyclic) bond motifs is 3. The Bertz CT molecular complexity index is 5250. The van der Waals surface area contributed by atoms with E-state index in [-0.39, 0.29) is 68.4 Å². The van der Waals surface area contributed by atoms with E-state index in [0.29, 0.717) is 52.3 Å². The van der Waals surface area contributed by atoms with Gasteiger partial charge in [0.15, 0.2) is 17.5 Å². The van der Waals surface area contributed by atoms with Gasteiger partial charge in [-0.15, -0.1) is 11.8 Å². The molecule has 9 rings (SSSR count). The monoisotopic (exact) mass is 1890 g/mol. The van der Waals surface area contributed by atoms with Crippen LogP contribution in [0.4, 0.5) is 17.6 Å². The zero-order chi connectivity index (χ0) is 98.1. The lowest BCUT2D eigenvalue weighted by atomic mass is 9.97. The zero-order valence-corrected chi connectivity index (χ0v) is 75.3. The van der Waals surface area contributed by atoms with Gasteiger partial charge in [-0.2, -0.15) is 0 Å². The van der Waals surface area contributed by atoms with Crippen molar-refractivity contribution in [2.75, 3.05) is 58.9 Å². The minimum absolute atomic E-state index is 0.0929. The molecular weight excluding hydrogens is 1780 g/mol. The first kappa shape index (κ1) is 104. The van der Waals surface area contributed by atoms with Crippen molar-refractivity contribution in [3.63, 3.8) is 0 Å². The first-order valence-electron chi connectivity index (χ1n) is 43.6. The number of phenols is 1. The number of aromatic nitrogens is 1. The summed E-state index contributed by atoms with van der Waals surface area (Å²) in [6.07, 6.45) is -4.84. The maximum absolute atomic E-state index is 15.7. The van der Waals surface area contributed by atoms with E-state index in [4.69, 9.17) is 5.73 Å². The molecular formula is C91H112F4N16O22S. The SMILES string of the molecule is CCCC[C@H]1C(=O)N2C[C@@H](O)C[C@@H]2C(=O)N[C@@H](CC(=O)O)C(=O)N[C@@H](C(C)C)C(=O)N(C)[C@@H](Cc2ccccc2)C(=O)N[C@@H](CCC(=O)O)C(=O)N2CCCC[C@@H]2C(=O)N[C@@H](Cc2c[nH]c3ccccc23)C(=O)N[C@@H](Cc2ccc(O)cc2)C(=O)N[C@@H](CO)C(=O)N[C@H](C(=O)NCC(N)=O)CSCC(=O)N[C@@H](Cc2cc(F)c(F)c(F)c2)C(=O)N(C)[C@@H](Cc2ccc(F)cc2)C(=O)N1C. The second-order valence-corrected chi connectivity index (χ2v) is 34.7. The standard InChI is InChI=1S/C91H112F4N16O22S/c1-7-8-20-69-90(132)111-44-56(114)40-71(111)86(128)103-64(41-76(119)120)82(124)106-78(48(2)3)91(133)108(5)70(37-49-16-10-9-11-17-49)85(127)100-61(30-31-75(117)118)88(130)110-32-15-14-21-68(110)84(126)102-63(39-53-42-97-60-19-13-12-18-57(53)60)81(123)101-62(35-50-24-28-55(113)29-25-50)80(122)104-66(45-112)83(125)105-67(79(121)98-43-73(96)115)46-134-47-74(116)99-65(36-52-33-58(93)77(95)59(94)34-52)87(129)109(6)72(89(131)107(69)4)38-51-22-26-54(92)27-23-51/h9-13,16-19,22-29,33-34,42,48,56,61-72,78,97,112-114H,7-8,14-15,20-21,30-32,35-41,43-47H2,1-6H3,(H2,96,115)(H,98,121)(H,99,116)(H,100,127)(H,101,123)(H,102,126)(H,103,128)(H,104,122)(H,105,125)(H,106,124)(H,117,118)(H,119,120)/t56-,61-,62-,63-,64-,65-,66-,67-,68+,69-,70-,71+,72-,78-/m0/s1. The van der Waals surface area contributed by atoms with Crippen molar-refractivity contribution in [1.82, 2.24) is 77.3 Å². The van der Waals surface area contributed by atoms with Crippen LogP contribution in [0.25, 0.3) is 10.9 Å². The molecule has 3 aliphatic rings.